The Bertz CT molecular complexity index is 740. The van der Waals surface area contributed by atoms with Crippen LogP contribution in [0.5, 0.6) is 0 Å². The van der Waals surface area contributed by atoms with Crippen molar-refractivity contribution < 1.29 is 49.5 Å². The first-order valence-electron chi connectivity index (χ1n) is 15.1. The van der Waals surface area contributed by atoms with Gasteiger partial charge < -0.3 is 24.8 Å². The molecule has 1 rings (SSSR count). The van der Waals surface area contributed by atoms with E-state index in [0.29, 0.717) is 0 Å². The fourth-order valence-corrected chi connectivity index (χ4v) is 40.1. The summed E-state index contributed by atoms with van der Waals surface area (Å²) in [5.41, 5.74) is 0. The number of hydrogen-bond donors (Lipinski definition) is 0. The molecule has 9 heteroatoms. The van der Waals surface area contributed by atoms with Gasteiger partial charge in [-0.3, -0.25) is 0 Å². The first-order valence-corrected chi connectivity index (χ1v) is 30.6. The third-order valence-corrected chi connectivity index (χ3v) is 34.0. The van der Waals surface area contributed by atoms with Gasteiger partial charge in [0.1, 0.15) is 0 Å². The van der Waals surface area contributed by atoms with Gasteiger partial charge in [-0.05, 0) is 0 Å². The quantitative estimate of drug-likeness (QED) is 0.0910. The van der Waals surface area contributed by atoms with Gasteiger partial charge in [0, 0.05) is 0 Å². The zero-order valence-electron chi connectivity index (χ0n) is 26.4. The van der Waals surface area contributed by atoms with E-state index in [2.05, 4.69) is 72.3 Å². The Kier molecular flexibility index (Phi) is 21.2. The molecule has 0 saturated carbocycles. The summed E-state index contributed by atoms with van der Waals surface area (Å²) in [7, 11) is -7.02. The standard InChI is InChI=1S/C29H59Cl2Si4.2ClH.Zr/c1-11-13-15-17-19-24-28(34(7,8)30)32(3,4)26-22-21-23-27(26)33(5,6)29(35(9,10)31)25-20-18-16-14-12-2;;;/h22,28-29H,11-21,24-25H2,1-10H3;2*1H;/q;;;+2/p-2. The normalized spacial score (nSPS) is 16.6. The maximum atomic E-state index is 7.39. The SMILES string of the molecule is CCCCCCCC([Si](C)(C)Cl)[Si](C)(C)C1=CC[C]([Zr+2])=C1[Si](C)(C)C(CCCCCCC)[Si](C)(C)Cl.[Cl-].[Cl-]. The largest absolute Gasteiger partial charge is 1.00 e. The Labute approximate surface area is 279 Å². The number of hydrogen-bond acceptors (Lipinski definition) is 0. The molecule has 0 nitrogen and oxygen atoms in total. The molecular weight excluding hydrogens is 694 g/mol. The molecule has 38 heavy (non-hydrogen) atoms. The van der Waals surface area contributed by atoms with Crippen LogP contribution >= 0.6 is 22.2 Å². The fourth-order valence-electron chi connectivity index (χ4n) is 7.28. The summed E-state index contributed by atoms with van der Waals surface area (Å²) in [5.74, 6) is 0. The number of unbranched alkanes of at least 4 members (excludes halogenated alkanes) is 8. The van der Waals surface area contributed by atoms with Gasteiger partial charge >= 0.3 is 258 Å². The third kappa shape index (κ3) is 12.6. The minimum absolute atomic E-state index is 0. The summed E-state index contributed by atoms with van der Waals surface area (Å²) in [5, 5.41) is 5.20. The molecule has 2 atom stereocenters. The average Bonchev–Trinajstić information content (AvgIpc) is 3.14. The van der Waals surface area contributed by atoms with Crippen molar-refractivity contribution in [2.45, 2.75) is 160 Å². The van der Waals surface area contributed by atoms with E-state index >= 15 is 0 Å². The third-order valence-electron chi connectivity index (χ3n) is 9.01. The van der Waals surface area contributed by atoms with E-state index in [1.807, 2.05) is 10.4 Å². The van der Waals surface area contributed by atoms with Gasteiger partial charge in [-0.1, -0.05) is 0 Å². The molecule has 223 valence electrons. The van der Waals surface area contributed by atoms with Crippen LogP contribution in [0.3, 0.4) is 0 Å². The molecule has 0 aliphatic heterocycles. The second-order valence-corrected chi connectivity index (χ2v) is 39.2. The zero-order chi connectivity index (χ0) is 27.8. The van der Waals surface area contributed by atoms with Crippen LogP contribution in [0, 0.1) is 0 Å². The van der Waals surface area contributed by atoms with Gasteiger partial charge in [0.05, 0.1) is 0 Å². The number of allylic oxidation sites excluding steroid dienone is 4. The van der Waals surface area contributed by atoms with E-state index in [-0.39, 0.29) is 24.8 Å². The van der Waals surface area contributed by atoms with E-state index in [0.717, 1.165) is 10.3 Å². The second kappa shape index (κ2) is 18.9. The fraction of sp³-hybridized carbons (Fsp3) is 0.862. The maximum absolute atomic E-state index is 7.39. The molecule has 0 spiro atoms. The molecule has 0 radical (unpaired) electrons. The van der Waals surface area contributed by atoms with Crippen molar-refractivity contribution in [3.05, 3.63) is 19.7 Å². The number of rotatable bonds is 18. The first kappa shape index (κ1) is 42.5. The van der Waals surface area contributed by atoms with E-state index < -0.39 is 30.9 Å². The van der Waals surface area contributed by atoms with E-state index in [1.54, 1.807) is 28.0 Å². The molecule has 0 fully saturated rings. The van der Waals surface area contributed by atoms with Gasteiger partial charge in [0.2, 0.25) is 0 Å². The Morgan fingerprint density at radius 1 is 0.658 bits per heavy atom. The minimum atomic E-state index is -1.79. The van der Waals surface area contributed by atoms with Crippen molar-refractivity contribution in [3.63, 3.8) is 0 Å². The Morgan fingerprint density at radius 3 is 1.39 bits per heavy atom. The molecule has 0 N–H and O–H groups in total. The van der Waals surface area contributed by atoms with Crippen LogP contribution in [0.25, 0.3) is 0 Å². The monoisotopic (exact) mass is 749 g/mol. The predicted molar refractivity (Wildman–Crippen MR) is 176 cm³/mol. The average molecular weight is 753 g/mol. The van der Waals surface area contributed by atoms with E-state index in [9.17, 15) is 0 Å². The van der Waals surface area contributed by atoms with Crippen molar-refractivity contribution in [1.82, 2.24) is 0 Å². The van der Waals surface area contributed by atoms with Gasteiger partial charge in [-0.25, -0.2) is 0 Å². The van der Waals surface area contributed by atoms with Crippen molar-refractivity contribution in [1.29, 1.82) is 0 Å². The second-order valence-electron chi connectivity index (χ2n) is 13.8. The molecule has 0 aromatic rings. The van der Waals surface area contributed by atoms with Crippen LogP contribution in [0.4, 0.5) is 0 Å². The van der Waals surface area contributed by atoms with Crippen LogP contribution in [0.2, 0.25) is 62.7 Å². The predicted octanol–water partition coefficient (Wildman–Crippen LogP) is 6.05. The van der Waals surface area contributed by atoms with Crippen molar-refractivity contribution >= 4 is 53.1 Å². The molecule has 1 aliphatic carbocycles. The summed E-state index contributed by atoms with van der Waals surface area (Å²) >= 11 is 16.4. The van der Waals surface area contributed by atoms with Gasteiger partial charge in [-0.15, -0.1) is 0 Å². The molecule has 0 amide bonds. The summed E-state index contributed by atoms with van der Waals surface area (Å²) in [6.07, 6.45) is 20.3. The minimum Gasteiger partial charge on any atom is -1.00 e. The number of halogens is 4. The molecular formula is C29H59Cl4Si4Zr. The summed E-state index contributed by atoms with van der Waals surface area (Å²) in [6, 6.07) is 0. The molecule has 0 saturated heterocycles. The first-order chi connectivity index (χ1) is 16.5. The molecule has 0 aromatic carbocycles. The van der Waals surface area contributed by atoms with Crippen LogP contribution in [-0.2, 0) is 24.7 Å². The van der Waals surface area contributed by atoms with Crippen LogP contribution in [0.1, 0.15) is 97.3 Å². The summed E-state index contributed by atoms with van der Waals surface area (Å²) < 4.78 is 1.76. The summed E-state index contributed by atoms with van der Waals surface area (Å²) in [4.78, 5) is 0. The Hall–Kier alpha value is 2.39. The van der Waals surface area contributed by atoms with E-state index in [1.165, 1.54) is 83.5 Å². The van der Waals surface area contributed by atoms with Crippen LogP contribution in [-0.4, -0.2) is 30.9 Å². The molecule has 2 unspecified atom stereocenters. The summed E-state index contributed by atoms with van der Waals surface area (Å²) in [6.45, 7) is 25.2. The Balaban J connectivity index is 0. The van der Waals surface area contributed by atoms with Gasteiger partial charge in [0.15, 0.2) is 0 Å². The maximum Gasteiger partial charge on any atom is -1.00 e. The van der Waals surface area contributed by atoms with Gasteiger partial charge in [-0.2, -0.15) is 0 Å². The van der Waals surface area contributed by atoms with Crippen molar-refractivity contribution in [3.8, 4) is 0 Å². The van der Waals surface area contributed by atoms with Crippen molar-refractivity contribution in [2.75, 3.05) is 0 Å². The van der Waals surface area contributed by atoms with Crippen molar-refractivity contribution in [2.24, 2.45) is 0 Å². The molecule has 0 aromatic heterocycles. The molecule has 1 aliphatic rings. The molecule has 0 heterocycles. The van der Waals surface area contributed by atoms with E-state index in [4.69, 9.17) is 22.2 Å². The Morgan fingerprint density at radius 2 is 1.03 bits per heavy atom. The van der Waals surface area contributed by atoms with Crippen LogP contribution < -0.4 is 24.8 Å². The smallest absolute Gasteiger partial charge is 1.00 e. The zero-order valence-corrected chi connectivity index (χ0v) is 35.9. The molecule has 0 bridgehead atoms. The topological polar surface area (TPSA) is 0 Å². The van der Waals surface area contributed by atoms with Gasteiger partial charge in [0.25, 0.3) is 0 Å². The van der Waals surface area contributed by atoms with Crippen LogP contribution in [0.15, 0.2) is 19.7 Å².